The van der Waals surface area contributed by atoms with Crippen LogP contribution in [0.25, 0.3) is 11.1 Å². The van der Waals surface area contributed by atoms with Crippen LogP contribution in [0.1, 0.15) is 17.4 Å². The van der Waals surface area contributed by atoms with Crippen LogP contribution in [0.4, 0.5) is 4.39 Å². The van der Waals surface area contributed by atoms with Gasteiger partial charge in [0.25, 0.3) is 0 Å². The number of aliphatic hydroxyl groups is 1. The molecular formula is C13H13FOS. The molecule has 1 aromatic heterocycles. The Kier molecular flexibility index (Phi) is 3.36. The van der Waals surface area contributed by atoms with Crippen molar-refractivity contribution in [3.63, 3.8) is 0 Å². The van der Waals surface area contributed by atoms with Gasteiger partial charge in [0.1, 0.15) is 0 Å². The highest BCUT2D eigenvalue weighted by Gasteiger charge is 2.09. The topological polar surface area (TPSA) is 20.2 Å². The first-order valence-corrected chi connectivity index (χ1v) is 6.04. The van der Waals surface area contributed by atoms with Gasteiger partial charge >= 0.3 is 0 Å². The van der Waals surface area contributed by atoms with E-state index in [9.17, 15) is 4.39 Å². The molecule has 2 aromatic rings. The first kappa shape index (κ1) is 11.3. The molecule has 1 N–H and O–H groups in total. The summed E-state index contributed by atoms with van der Waals surface area (Å²) in [6.07, 6.45) is 0.991. The number of rotatable bonds is 3. The van der Waals surface area contributed by atoms with Gasteiger partial charge in [-0.3, -0.25) is 0 Å². The summed E-state index contributed by atoms with van der Waals surface area (Å²) < 4.78 is 13.1. The molecule has 84 valence electrons. The Morgan fingerprint density at radius 1 is 1.25 bits per heavy atom. The zero-order valence-corrected chi connectivity index (χ0v) is 9.85. The lowest BCUT2D eigenvalue weighted by atomic mass is 10.0. The largest absolute Gasteiger partial charge is 0.391 e. The Morgan fingerprint density at radius 2 is 1.94 bits per heavy atom. The van der Waals surface area contributed by atoms with Gasteiger partial charge in [-0.05, 0) is 23.6 Å². The fraction of sp³-hybridized carbons (Fsp3) is 0.231. The minimum atomic E-state index is -0.251. The van der Waals surface area contributed by atoms with E-state index in [2.05, 4.69) is 6.92 Å². The maximum Gasteiger partial charge on any atom is 0.177 e. The molecule has 0 bridgehead atoms. The van der Waals surface area contributed by atoms with Gasteiger partial charge in [0, 0.05) is 10.4 Å². The third-order valence-electron chi connectivity index (χ3n) is 2.60. The normalized spacial score (nSPS) is 10.7. The summed E-state index contributed by atoms with van der Waals surface area (Å²) in [6, 6.07) is 9.49. The Hall–Kier alpha value is -1.19. The van der Waals surface area contributed by atoms with Gasteiger partial charge in [-0.1, -0.05) is 31.2 Å². The molecule has 16 heavy (non-hydrogen) atoms. The maximum absolute atomic E-state index is 13.1. The molecule has 0 aliphatic heterocycles. The molecule has 1 nitrogen and oxygen atoms in total. The average Bonchev–Trinajstić information content (AvgIpc) is 2.70. The molecule has 1 heterocycles. The van der Waals surface area contributed by atoms with Crippen molar-refractivity contribution in [1.82, 2.24) is 0 Å². The molecule has 0 amide bonds. The van der Waals surface area contributed by atoms with Gasteiger partial charge in [0.15, 0.2) is 5.13 Å². The van der Waals surface area contributed by atoms with Crippen molar-refractivity contribution in [2.45, 2.75) is 20.0 Å². The van der Waals surface area contributed by atoms with E-state index in [1.165, 1.54) is 11.6 Å². The van der Waals surface area contributed by atoms with Crippen molar-refractivity contribution in [1.29, 1.82) is 0 Å². The van der Waals surface area contributed by atoms with E-state index in [1.807, 2.05) is 24.3 Å². The Bertz CT molecular complexity index is 473. The number of thiophene rings is 1. The standard InChI is InChI=1S/C13H13FOS/c1-2-9-3-5-10(6-4-9)11-7-13(14)16-12(11)8-15/h3-7,15H,2,8H2,1H3. The van der Waals surface area contributed by atoms with Crippen LogP contribution in [-0.4, -0.2) is 5.11 Å². The Morgan fingerprint density at radius 3 is 2.50 bits per heavy atom. The van der Waals surface area contributed by atoms with Gasteiger partial charge in [0.05, 0.1) is 6.61 Å². The molecule has 2 rings (SSSR count). The van der Waals surface area contributed by atoms with Gasteiger partial charge in [-0.15, -0.1) is 11.3 Å². The summed E-state index contributed by atoms with van der Waals surface area (Å²) in [7, 11) is 0. The van der Waals surface area contributed by atoms with E-state index in [4.69, 9.17) is 5.11 Å². The maximum atomic E-state index is 13.1. The van der Waals surface area contributed by atoms with E-state index in [-0.39, 0.29) is 11.7 Å². The van der Waals surface area contributed by atoms with E-state index >= 15 is 0 Å². The minimum Gasteiger partial charge on any atom is -0.391 e. The predicted octanol–water partition coefficient (Wildman–Crippen LogP) is 3.61. The SMILES string of the molecule is CCc1ccc(-c2cc(F)sc2CO)cc1. The number of aliphatic hydroxyl groups excluding tert-OH is 1. The average molecular weight is 236 g/mol. The summed E-state index contributed by atoms with van der Waals surface area (Å²) in [5.74, 6) is 0. The molecule has 0 aliphatic rings. The van der Waals surface area contributed by atoms with Crippen molar-refractivity contribution in [2.75, 3.05) is 0 Å². The van der Waals surface area contributed by atoms with Crippen molar-refractivity contribution in [3.8, 4) is 11.1 Å². The van der Waals surface area contributed by atoms with Crippen LogP contribution in [0.2, 0.25) is 0 Å². The zero-order valence-electron chi connectivity index (χ0n) is 9.03. The predicted molar refractivity (Wildman–Crippen MR) is 65.0 cm³/mol. The molecule has 0 fully saturated rings. The van der Waals surface area contributed by atoms with Crippen LogP contribution in [0.15, 0.2) is 30.3 Å². The highest BCUT2D eigenvalue weighted by molar-refractivity contribution is 7.10. The van der Waals surface area contributed by atoms with Crippen molar-refractivity contribution in [2.24, 2.45) is 0 Å². The van der Waals surface area contributed by atoms with Crippen LogP contribution in [0.5, 0.6) is 0 Å². The second-order valence-corrected chi connectivity index (χ2v) is 4.68. The third-order valence-corrected chi connectivity index (χ3v) is 3.50. The fourth-order valence-electron chi connectivity index (χ4n) is 1.68. The second-order valence-electron chi connectivity index (χ2n) is 3.60. The Labute approximate surface area is 98.2 Å². The van der Waals surface area contributed by atoms with Gasteiger partial charge in [-0.2, -0.15) is 4.39 Å². The summed E-state index contributed by atoms with van der Waals surface area (Å²) >= 11 is 1.00. The molecule has 0 atom stereocenters. The lowest BCUT2D eigenvalue weighted by Crippen LogP contribution is -1.84. The highest BCUT2D eigenvalue weighted by atomic mass is 32.1. The smallest absolute Gasteiger partial charge is 0.177 e. The number of hydrogen-bond donors (Lipinski definition) is 1. The molecule has 0 saturated heterocycles. The van der Waals surface area contributed by atoms with Crippen LogP contribution in [0.3, 0.4) is 0 Å². The van der Waals surface area contributed by atoms with Crippen molar-refractivity contribution >= 4 is 11.3 Å². The molecular weight excluding hydrogens is 223 g/mol. The van der Waals surface area contributed by atoms with E-state index in [0.29, 0.717) is 4.88 Å². The van der Waals surface area contributed by atoms with Crippen LogP contribution >= 0.6 is 11.3 Å². The quantitative estimate of drug-likeness (QED) is 0.863. The van der Waals surface area contributed by atoms with E-state index < -0.39 is 0 Å². The number of aryl methyl sites for hydroxylation is 1. The number of benzene rings is 1. The fourth-order valence-corrected chi connectivity index (χ4v) is 2.44. The lowest BCUT2D eigenvalue weighted by Gasteiger charge is -2.02. The van der Waals surface area contributed by atoms with Gasteiger partial charge in [-0.25, -0.2) is 0 Å². The summed E-state index contributed by atoms with van der Waals surface area (Å²) in [5, 5.41) is 8.89. The van der Waals surface area contributed by atoms with Crippen LogP contribution < -0.4 is 0 Å². The highest BCUT2D eigenvalue weighted by Crippen LogP contribution is 2.30. The second kappa shape index (κ2) is 4.76. The first-order valence-electron chi connectivity index (χ1n) is 5.23. The molecule has 0 saturated carbocycles. The lowest BCUT2D eigenvalue weighted by molar-refractivity contribution is 0.286. The molecule has 1 aromatic carbocycles. The Balaban J connectivity index is 2.41. The van der Waals surface area contributed by atoms with Crippen molar-refractivity contribution in [3.05, 3.63) is 45.9 Å². The summed E-state index contributed by atoms with van der Waals surface area (Å²) in [4.78, 5) is 0.682. The number of hydrogen-bond acceptors (Lipinski definition) is 2. The molecule has 3 heteroatoms. The monoisotopic (exact) mass is 236 g/mol. The van der Waals surface area contributed by atoms with Gasteiger partial charge < -0.3 is 5.11 Å². The van der Waals surface area contributed by atoms with Gasteiger partial charge in [0.2, 0.25) is 0 Å². The summed E-state index contributed by atoms with van der Waals surface area (Å²) in [6.45, 7) is 1.98. The van der Waals surface area contributed by atoms with Crippen LogP contribution in [0, 0.1) is 5.13 Å². The minimum absolute atomic E-state index is 0.112. The summed E-state index contributed by atoms with van der Waals surface area (Å²) in [5.41, 5.74) is 3.01. The molecule has 0 spiro atoms. The molecule has 0 unspecified atom stereocenters. The van der Waals surface area contributed by atoms with Crippen LogP contribution in [-0.2, 0) is 13.0 Å². The van der Waals surface area contributed by atoms with E-state index in [1.54, 1.807) is 0 Å². The first-order chi connectivity index (χ1) is 7.74. The third kappa shape index (κ3) is 2.15. The van der Waals surface area contributed by atoms with Crippen molar-refractivity contribution < 1.29 is 9.50 Å². The molecule has 0 radical (unpaired) electrons. The van der Waals surface area contributed by atoms with E-state index in [0.717, 1.165) is 28.9 Å². The molecule has 0 aliphatic carbocycles. The zero-order chi connectivity index (χ0) is 11.5. The number of halogens is 1.